The molecule has 0 bridgehead atoms. The van der Waals surface area contributed by atoms with E-state index in [0.29, 0.717) is 12.5 Å². The van der Waals surface area contributed by atoms with Gasteiger partial charge in [0.2, 0.25) is 5.88 Å². The number of hydrogen-bond donors (Lipinski definition) is 0. The van der Waals surface area contributed by atoms with Gasteiger partial charge in [0.25, 0.3) is 0 Å². The van der Waals surface area contributed by atoms with Crippen LogP contribution in [0.1, 0.15) is 6.92 Å². The first-order valence-electron chi connectivity index (χ1n) is 4.89. The van der Waals surface area contributed by atoms with Crippen LogP contribution < -0.4 is 4.74 Å². The molecule has 2 rings (SSSR count). The summed E-state index contributed by atoms with van der Waals surface area (Å²) in [6.45, 7) is 2.58. The van der Waals surface area contributed by atoms with Crippen molar-refractivity contribution in [3.8, 4) is 17.0 Å². The second-order valence-corrected chi connectivity index (χ2v) is 3.05. The maximum absolute atomic E-state index is 5.27. The Hall–Kier alpha value is -1.90. The molecule has 2 heterocycles. The fourth-order valence-corrected chi connectivity index (χ4v) is 1.33. The van der Waals surface area contributed by atoms with Crippen LogP contribution in [0.2, 0.25) is 0 Å². The Morgan fingerprint density at radius 3 is 2.47 bits per heavy atom. The number of ether oxygens (including phenoxy) is 1. The van der Waals surface area contributed by atoms with Crippen LogP contribution in [-0.2, 0) is 0 Å². The zero-order chi connectivity index (χ0) is 10.5. The van der Waals surface area contributed by atoms with Crippen molar-refractivity contribution in [1.29, 1.82) is 0 Å². The van der Waals surface area contributed by atoms with E-state index in [1.54, 1.807) is 18.6 Å². The highest BCUT2D eigenvalue weighted by Crippen LogP contribution is 2.18. The maximum Gasteiger partial charge on any atom is 0.213 e. The highest BCUT2D eigenvalue weighted by Gasteiger charge is 1.98. The Bertz CT molecular complexity index is 411. The van der Waals surface area contributed by atoms with E-state index in [2.05, 4.69) is 9.97 Å². The molecule has 3 heteroatoms. The van der Waals surface area contributed by atoms with Crippen molar-refractivity contribution in [3.05, 3.63) is 42.9 Å². The van der Waals surface area contributed by atoms with Crippen LogP contribution >= 0.6 is 0 Å². The molecule has 0 fully saturated rings. The lowest BCUT2D eigenvalue weighted by molar-refractivity contribution is 0.327. The molecule has 76 valence electrons. The lowest BCUT2D eigenvalue weighted by Gasteiger charge is -2.03. The number of rotatable bonds is 3. The summed E-state index contributed by atoms with van der Waals surface area (Å²) in [5.74, 6) is 0.662. The molecule has 0 amide bonds. The molecule has 0 atom stereocenters. The van der Waals surface area contributed by atoms with Gasteiger partial charge in [-0.15, -0.1) is 0 Å². The van der Waals surface area contributed by atoms with Gasteiger partial charge >= 0.3 is 0 Å². The first kappa shape index (κ1) is 9.65. The zero-order valence-corrected chi connectivity index (χ0v) is 8.55. The minimum atomic E-state index is 0.640. The van der Waals surface area contributed by atoms with Crippen LogP contribution in [0.15, 0.2) is 42.9 Å². The number of nitrogens with zero attached hydrogens (tertiary/aromatic N) is 2. The molecule has 0 spiro atoms. The average Bonchev–Trinajstić information content (AvgIpc) is 2.32. The van der Waals surface area contributed by atoms with Crippen LogP contribution in [0.3, 0.4) is 0 Å². The van der Waals surface area contributed by atoms with E-state index < -0.39 is 0 Å². The Morgan fingerprint density at radius 2 is 1.87 bits per heavy atom. The van der Waals surface area contributed by atoms with E-state index in [1.165, 1.54) is 0 Å². The molecule has 2 aromatic rings. The Morgan fingerprint density at radius 1 is 1.07 bits per heavy atom. The molecular formula is C12H12N2O. The quantitative estimate of drug-likeness (QED) is 0.763. The number of hydrogen-bond acceptors (Lipinski definition) is 3. The van der Waals surface area contributed by atoms with E-state index in [1.807, 2.05) is 31.2 Å². The van der Waals surface area contributed by atoms with Gasteiger partial charge in [0, 0.05) is 30.2 Å². The van der Waals surface area contributed by atoms with Crippen molar-refractivity contribution in [3.63, 3.8) is 0 Å². The highest BCUT2D eigenvalue weighted by atomic mass is 16.5. The summed E-state index contributed by atoms with van der Waals surface area (Å²) in [5, 5.41) is 0. The summed E-state index contributed by atoms with van der Waals surface area (Å²) in [4.78, 5) is 8.17. The van der Waals surface area contributed by atoms with Crippen LogP contribution in [-0.4, -0.2) is 16.6 Å². The minimum absolute atomic E-state index is 0.640. The Labute approximate surface area is 88.8 Å². The molecule has 0 unspecified atom stereocenters. The fourth-order valence-electron chi connectivity index (χ4n) is 1.33. The van der Waals surface area contributed by atoms with Gasteiger partial charge in [0.05, 0.1) is 6.61 Å². The predicted molar refractivity (Wildman–Crippen MR) is 58.6 cm³/mol. The van der Waals surface area contributed by atoms with Gasteiger partial charge in [-0.3, -0.25) is 4.98 Å². The average molecular weight is 200 g/mol. The summed E-state index contributed by atoms with van der Waals surface area (Å²) in [5.41, 5.74) is 2.18. The standard InChI is InChI=1S/C12H12N2O/c1-2-15-12-4-3-11(9-14-12)10-5-7-13-8-6-10/h3-9H,2H2,1H3. The van der Waals surface area contributed by atoms with Gasteiger partial charge in [-0.2, -0.15) is 0 Å². The lowest BCUT2D eigenvalue weighted by Crippen LogP contribution is -1.93. The molecule has 0 aliphatic heterocycles. The summed E-state index contributed by atoms with van der Waals surface area (Å²) >= 11 is 0. The van der Waals surface area contributed by atoms with E-state index in [-0.39, 0.29) is 0 Å². The maximum atomic E-state index is 5.27. The smallest absolute Gasteiger partial charge is 0.213 e. The summed E-state index contributed by atoms with van der Waals surface area (Å²) in [6, 6.07) is 7.78. The Balaban J connectivity index is 2.24. The number of pyridine rings is 2. The van der Waals surface area contributed by atoms with Crippen LogP contribution in [0.25, 0.3) is 11.1 Å². The molecule has 0 saturated carbocycles. The van der Waals surface area contributed by atoms with Crippen molar-refractivity contribution < 1.29 is 4.74 Å². The molecule has 15 heavy (non-hydrogen) atoms. The van der Waals surface area contributed by atoms with Crippen molar-refractivity contribution in [2.75, 3.05) is 6.61 Å². The largest absolute Gasteiger partial charge is 0.478 e. The number of aromatic nitrogens is 2. The Kier molecular flexibility index (Phi) is 2.93. The topological polar surface area (TPSA) is 35.0 Å². The van der Waals surface area contributed by atoms with Gasteiger partial charge in [0.1, 0.15) is 0 Å². The third-order valence-electron chi connectivity index (χ3n) is 2.04. The van der Waals surface area contributed by atoms with Gasteiger partial charge in [-0.25, -0.2) is 4.98 Å². The fraction of sp³-hybridized carbons (Fsp3) is 0.167. The molecule has 0 aromatic carbocycles. The molecule has 0 aliphatic carbocycles. The summed E-state index contributed by atoms with van der Waals surface area (Å²) in [6.07, 6.45) is 5.35. The van der Waals surface area contributed by atoms with Crippen molar-refractivity contribution in [2.24, 2.45) is 0 Å². The summed E-state index contributed by atoms with van der Waals surface area (Å²) in [7, 11) is 0. The molecule has 0 aliphatic rings. The van der Waals surface area contributed by atoms with Crippen molar-refractivity contribution >= 4 is 0 Å². The van der Waals surface area contributed by atoms with Crippen LogP contribution in [0.5, 0.6) is 5.88 Å². The molecule has 0 saturated heterocycles. The molecule has 3 nitrogen and oxygen atoms in total. The van der Waals surface area contributed by atoms with Crippen molar-refractivity contribution in [1.82, 2.24) is 9.97 Å². The van der Waals surface area contributed by atoms with Gasteiger partial charge in [-0.05, 0) is 30.7 Å². The van der Waals surface area contributed by atoms with Gasteiger partial charge in [-0.1, -0.05) is 0 Å². The van der Waals surface area contributed by atoms with Gasteiger partial charge < -0.3 is 4.74 Å². The van der Waals surface area contributed by atoms with E-state index in [9.17, 15) is 0 Å². The summed E-state index contributed by atoms with van der Waals surface area (Å²) < 4.78 is 5.27. The SMILES string of the molecule is CCOc1ccc(-c2ccncc2)cn1. The normalized spacial score (nSPS) is 9.93. The zero-order valence-electron chi connectivity index (χ0n) is 8.55. The molecule has 0 N–H and O–H groups in total. The second-order valence-electron chi connectivity index (χ2n) is 3.05. The van der Waals surface area contributed by atoms with Crippen LogP contribution in [0, 0.1) is 0 Å². The first-order valence-corrected chi connectivity index (χ1v) is 4.89. The second kappa shape index (κ2) is 4.55. The first-order chi connectivity index (χ1) is 7.40. The van der Waals surface area contributed by atoms with E-state index in [4.69, 9.17) is 4.74 Å². The molecular weight excluding hydrogens is 188 g/mol. The van der Waals surface area contributed by atoms with E-state index in [0.717, 1.165) is 11.1 Å². The van der Waals surface area contributed by atoms with Crippen LogP contribution in [0.4, 0.5) is 0 Å². The molecule has 0 radical (unpaired) electrons. The minimum Gasteiger partial charge on any atom is -0.478 e. The third kappa shape index (κ3) is 2.31. The monoisotopic (exact) mass is 200 g/mol. The van der Waals surface area contributed by atoms with Gasteiger partial charge in [0.15, 0.2) is 0 Å². The third-order valence-corrected chi connectivity index (χ3v) is 2.04. The molecule has 2 aromatic heterocycles. The predicted octanol–water partition coefficient (Wildman–Crippen LogP) is 2.54. The van der Waals surface area contributed by atoms with E-state index >= 15 is 0 Å². The highest BCUT2D eigenvalue weighted by molar-refractivity contribution is 5.61. The van der Waals surface area contributed by atoms with Crippen molar-refractivity contribution in [2.45, 2.75) is 6.92 Å². The lowest BCUT2D eigenvalue weighted by atomic mass is 10.1.